The van der Waals surface area contributed by atoms with E-state index >= 15 is 0 Å². The average molecular weight is 348 g/mol. The van der Waals surface area contributed by atoms with E-state index in [2.05, 4.69) is 10.5 Å². The molecule has 1 amide bonds. The predicted octanol–water partition coefficient (Wildman–Crippen LogP) is 3.02. The van der Waals surface area contributed by atoms with E-state index in [0.717, 1.165) is 5.56 Å². The molecule has 1 aliphatic heterocycles. The van der Waals surface area contributed by atoms with Crippen LogP contribution in [0, 0.1) is 6.92 Å². The lowest BCUT2D eigenvalue weighted by Crippen LogP contribution is -2.47. The van der Waals surface area contributed by atoms with Gasteiger partial charge in [-0.05, 0) is 19.1 Å². The number of carbonyl (C=O) groups excluding carboxylic acids is 2. The minimum Gasteiger partial charge on any atom is -0.490 e. The van der Waals surface area contributed by atoms with Gasteiger partial charge in [0.25, 0.3) is 5.91 Å². The smallest absolute Gasteiger partial charge is 0.257 e. The number of Topliss-reactive ketones (excluding diaryl/α,β-unsaturated/α-hetero) is 1. The molecule has 0 spiro atoms. The second-order valence-electron chi connectivity index (χ2n) is 6.04. The van der Waals surface area contributed by atoms with E-state index in [1.165, 1.54) is 0 Å². The number of hydrogen-bond donors (Lipinski definition) is 1. The molecule has 1 N–H and O–H groups in total. The maximum atomic E-state index is 12.8. The Labute approximate surface area is 149 Å². The minimum atomic E-state index is -0.754. The molecule has 1 unspecified atom stereocenters. The van der Waals surface area contributed by atoms with Crippen molar-refractivity contribution in [2.75, 3.05) is 6.61 Å². The number of para-hydroxylation sites is 1. The van der Waals surface area contributed by atoms with Crippen molar-refractivity contribution in [3.05, 3.63) is 71.4 Å². The molecule has 1 atom stereocenters. The van der Waals surface area contributed by atoms with Crippen LogP contribution in [-0.4, -0.2) is 29.5 Å². The first-order valence-corrected chi connectivity index (χ1v) is 8.23. The summed E-state index contributed by atoms with van der Waals surface area (Å²) in [4.78, 5) is 25.5. The number of benzene rings is 2. The van der Waals surface area contributed by atoms with Crippen LogP contribution in [-0.2, 0) is 0 Å². The topological polar surface area (TPSA) is 81.4 Å². The molecule has 2 aromatic carbocycles. The van der Waals surface area contributed by atoms with E-state index in [9.17, 15) is 9.59 Å². The van der Waals surface area contributed by atoms with Crippen LogP contribution in [0.25, 0.3) is 11.3 Å². The molecule has 3 aromatic rings. The van der Waals surface area contributed by atoms with Crippen LogP contribution >= 0.6 is 0 Å². The number of nitrogens with one attached hydrogen (secondary N) is 1. The number of aryl methyl sites for hydroxylation is 1. The number of rotatable bonds is 3. The Morgan fingerprint density at radius 2 is 1.85 bits per heavy atom. The number of nitrogens with zero attached hydrogens (tertiary/aromatic N) is 1. The molecular formula is C20H16N2O4. The molecule has 6 nitrogen and oxygen atoms in total. The predicted molar refractivity (Wildman–Crippen MR) is 94.2 cm³/mol. The summed E-state index contributed by atoms with van der Waals surface area (Å²) in [5.41, 5.74) is 2.00. The molecule has 6 heteroatoms. The summed E-state index contributed by atoms with van der Waals surface area (Å²) >= 11 is 0. The standard InChI is InChI=1S/C20H16N2O4/c1-12-17(19(26-22-12)13-7-3-2-4-8-13)20(24)21-15-11-25-16-10-6-5-9-14(16)18(15)23/h2-10,15H,11H2,1H3,(H,21,24). The van der Waals surface area contributed by atoms with E-state index in [0.29, 0.717) is 28.3 Å². The van der Waals surface area contributed by atoms with Crippen LogP contribution in [0.1, 0.15) is 26.4 Å². The van der Waals surface area contributed by atoms with Gasteiger partial charge >= 0.3 is 0 Å². The monoisotopic (exact) mass is 348 g/mol. The molecule has 0 bridgehead atoms. The van der Waals surface area contributed by atoms with Crippen LogP contribution < -0.4 is 10.1 Å². The number of carbonyl (C=O) groups is 2. The maximum absolute atomic E-state index is 12.8. The lowest BCUT2D eigenvalue weighted by atomic mass is 10.00. The number of amides is 1. The highest BCUT2D eigenvalue weighted by Gasteiger charge is 2.32. The van der Waals surface area contributed by atoms with Gasteiger partial charge in [-0.2, -0.15) is 0 Å². The third-order valence-electron chi connectivity index (χ3n) is 4.31. The summed E-state index contributed by atoms with van der Waals surface area (Å²) in [6.45, 7) is 1.78. The van der Waals surface area contributed by atoms with E-state index in [4.69, 9.17) is 9.26 Å². The fourth-order valence-corrected chi connectivity index (χ4v) is 2.99. The summed E-state index contributed by atoms with van der Waals surface area (Å²) < 4.78 is 10.9. The first-order chi connectivity index (χ1) is 12.6. The fraction of sp³-hybridized carbons (Fsp3) is 0.150. The Morgan fingerprint density at radius 1 is 1.12 bits per heavy atom. The zero-order valence-corrected chi connectivity index (χ0v) is 14.1. The van der Waals surface area contributed by atoms with Crippen LogP contribution in [0.15, 0.2) is 59.1 Å². The minimum absolute atomic E-state index is 0.0899. The first-order valence-electron chi connectivity index (χ1n) is 8.23. The molecule has 26 heavy (non-hydrogen) atoms. The van der Waals surface area contributed by atoms with Crippen LogP contribution in [0.4, 0.5) is 0 Å². The molecule has 1 aromatic heterocycles. The van der Waals surface area contributed by atoms with Gasteiger partial charge in [0, 0.05) is 5.56 Å². The molecule has 4 rings (SSSR count). The highest BCUT2D eigenvalue weighted by molar-refractivity contribution is 6.08. The van der Waals surface area contributed by atoms with Gasteiger partial charge in [0.15, 0.2) is 11.5 Å². The fourth-order valence-electron chi connectivity index (χ4n) is 2.99. The van der Waals surface area contributed by atoms with Crippen molar-refractivity contribution in [2.45, 2.75) is 13.0 Å². The molecule has 0 saturated heterocycles. The van der Waals surface area contributed by atoms with Gasteiger partial charge in [-0.15, -0.1) is 0 Å². The van der Waals surface area contributed by atoms with Crippen molar-refractivity contribution in [3.8, 4) is 17.1 Å². The lowest BCUT2D eigenvalue weighted by Gasteiger charge is -2.24. The molecule has 130 valence electrons. The van der Waals surface area contributed by atoms with Gasteiger partial charge in [0.2, 0.25) is 0 Å². The van der Waals surface area contributed by atoms with E-state index in [1.807, 2.05) is 30.3 Å². The number of fused-ring (bicyclic) bond motifs is 1. The molecule has 2 heterocycles. The highest BCUT2D eigenvalue weighted by atomic mass is 16.5. The quantitative estimate of drug-likeness (QED) is 0.787. The van der Waals surface area contributed by atoms with E-state index < -0.39 is 11.9 Å². The molecule has 0 fully saturated rings. The lowest BCUT2D eigenvalue weighted by molar-refractivity contribution is 0.0795. The van der Waals surface area contributed by atoms with Crippen molar-refractivity contribution in [2.24, 2.45) is 0 Å². The molecule has 0 radical (unpaired) electrons. The van der Waals surface area contributed by atoms with Crippen molar-refractivity contribution in [1.29, 1.82) is 0 Å². The van der Waals surface area contributed by atoms with Crippen molar-refractivity contribution >= 4 is 11.7 Å². The third-order valence-corrected chi connectivity index (χ3v) is 4.31. The number of ketones is 1. The van der Waals surface area contributed by atoms with E-state index in [1.54, 1.807) is 31.2 Å². The summed E-state index contributed by atoms with van der Waals surface area (Å²) in [6, 6.07) is 15.5. The first kappa shape index (κ1) is 16.1. The van der Waals surface area contributed by atoms with Crippen molar-refractivity contribution in [3.63, 3.8) is 0 Å². The van der Waals surface area contributed by atoms with Gasteiger partial charge in [-0.3, -0.25) is 9.59 Å². The Kier molecular flexibility index (Phi) is 4.01. The SMILES string of the molecule is Cc1noc(-c2ccccc2)c1C(=O)NC1COc2ccccc2C1=O. The average Bonchev–Trinajstić information content (AvgIpc) is 3.06. The van der Waals surface area contributed by atoms with Crippen molar-refractivity contribution < 1.29 is 18.8 Å². The normalized spacial score (nSPS) is 15.9. The van der Waals surface area contributed by atoms with Crippen LogP contribution in [0.3, 0.4) is 0 Å². The molecule has 1 aliphatic rings. The second-order valence-corrected chi connectivity index (χ2v) is 6.04. The largest absolute Gasteiger partial charge is 0.490 e. The van der Waals surface area contributed by atoms with Gasteiger partial charge in [0.05, 0.1) is 11.3 Å². The van der Waals surface area contributed by atoms with Gasteiger partial charge in [-0.25, -0.2) is 0 Å². The Balaban J connectivity index is 1.61. The Bertz CT molecular complexity index is 978. The number of ether oxygens (including phenoxy) is 1. The summed E-state index contributed by atoms with van der Waals surface area (Å²) in [6.07, 6.45) is 0. The third kappa shape index (κ3) is 2.75. The zero-order chi connectivity index (χ0) is 18.1. The van der Waals surface area contributed by atoms with Gasteiger partial charge < -0.3 is 14.6 Å². The maximum Gasteiger partial charge on any atom is 0.257 e. The van der Waals surface area contributed by atoms with Crippen LogP contribution in [0.2, 0.25) is 0 Å². The Hall–Kier alpha value is -3.41. The summed E-state index contributed by atoms with van der Waals surface area (Å²) in [5, 5.41) is 6.66. The summed E-state index contributed by atoms with van der Waals surface area (Å²) in [5.74, 6) is 0.332. The number of hydrogen-bond acceptors (Lipinski definition) is 5. The summed E-state index contributed by atoms with van der Waals surface area (Å²) in [7, 11) is 0. The molecule has 0 aliphatic carbocycles. The Morgan fingerprint density at radius 3 is 2.65 bits per heavy atom. The van der Waals surface area contributed by atoms with E-state index in [-0.39, 0.29) is 12.4 Å². The molecule has 0 saturated carbocycles. The highest BCUT2D eigenvalue weighted by Crippen LogP contribution is 2.27. The molecular weight excluding hydrogens is 332 g/mol. The zero-order valence-electron chi connectivity index (χ0n) is 14.1. The number of aromatic nitrogens is 1. The van der Waals surface area contributed by atoms with Gasteiger partial charge in [0.1, 0.15) is 24.0 Å². The van der Waals surface area contributed by atoms with Crippen molar-refractivity contribution in [1.82, 2.24) is 10.5 Å². The second kappa shape index (κ2) is 6.48. The van der Waals surface area contributed by atoms with Gasteiger partial charge in [-0.1, -0.05) is 47.6 Å². The van der Waals surface area contributed by atoms with Crippen LogP contribution in [0.5, 0.6) is 5.75 Å².